The normalized spacial score (nSPS) is 11.1. The van der Waals surface area contributed by atoms with Crippen molar-refractivity contribution >= 4 is 18.0 Å². The Balaban J connectivity index is 2.29. The predicted molar refractivity (Wildman–Crippen MR) is 83.6 cm³/mol. The van der Waals surface area contributed by atoms with Crippen LogP contribution >= 0.6 is 0 Å². The molecule has 3 N–H and O–H groups in total. The Morgan fingerprint density at radius 2 is 1.96 bits per heavy atom. The number of hydrogen-bond acceptors (Lipinski definition) is 4. The number of benzene rings is 1. The second kappa shape index (κ2) is 9.99. The van der Waals surface area contributed by atoms with Crippen molar-refractivity contribution < 1.29 is 24.2 Å². The summed E-state index contributed by atoms with van der Waals surface area (Å²) in [7, 11) is 0. The molecule has 0 aliphatic heterocycles. The minimum absolute atomic E-state index is 0.0887. The van der Waals surface area contributed by atoms with E-state index in [1.54, 1.807) is 18.2 Å². The van der Waals surface area contributed by atoms with E-state index in [1.165, 1.54) is 0 Å². The van der Waals surface area contributed by atoms with Gasteiger partial charge in [-0.2, -0.15) is 0 Å². The SMILES string of the molecule is C=CCC[C@@H](NC(=O)CNC(=O)OCc1ccccc1)C(=O)O. The van der Waals surface area contributed by atoms with Crippen molar-refractivity contribution in [1.29, 1.82) is 0 Å². The smallest absolute Gasteiger partial charge is 0.407 e. The number of amides is 2. The maximum atomic E-state index is 11.6. The van der Waals surface area contributed by atoms with Gasteiger partial charge in [-0.25, -0.2) is 9.59 Å². The van der Waals surface area contributed by atoms with Gasteiger partial charge in [0.2, 0.25) is 5.91 Å². The molecule has 0 aromatic heterocycles. The molecule has 1 atom stereocenters. The first-order valence-electron chi connectivity index (χ1n) is 7.10. The number of ether oxygens (including phenoxy) is 1. The van der Waals surface area contributed by atoms with Crippen molar-refractivity contribution in [3.8, 4) is 0 Å². The van der Waals surface area contributed by atoms with E-state index >= 15 is 0 Å². The number of aliphatic carboxylic acids is 1. The van der Waals surface area contributed by atoms with Crippen molar-refractivity contribution in [2.45, 2.75) is 25.5 Å². The fourth-order valence-corrected chi connectivity index (χ4v) is 1.71. The summed E-state index contributed by atoms with van der Waals surface area (Å²) in [4.78, 5) is 34.1. The van der Waals surface area contributed by atoms with E-state index in [2.05, 4.69) is 17.2 Å². The zero-order chi connectivity index (χ0) is 17.1. The van der Waals surface area contributed by atoms with Crippen LogP contribution in [0.3, 0.4) is 0 Å². The van der Waals surface area contributed by atoms with E-state index in [4.69, 9.17) is 9.84 Å². The summed E-state index contributed by atoms with van der Waals surface area (Å²) < 4.78 is 4.94. The highest BCUT2D eigenvalue weighted by Crippen LogP contribution is 2.00. The summed E-state index contributed by atoms with van der Waals surface area (Å²) in [6, 6.07) is 8.08. The van der Waals surface area contributed by atoms with E-state index < -0.39 is 24.0 Å². The topological polar surface area (TPSA) is 105 Å². The minimum atomic E-state index is -1.13. The number of alkyl carbamates (subject to hydrolysis) is 1. The molecule has 1 aromatic rings. The third-order valence-corrected chi connectivity index (χ3v) is 2.90. The molecule has 0 spiro atoms. The van der Waals surface area contributed by atoms with Crippen molar-refractivity contribution in [2.75, 3.05) is 6.54 Å². The monoisotopic (exact) mass is 320 g/mol. The van der Waals surface area contributed by atoms with Crippen LogP contribution < -0.4 is 10.6 Å². The van der Waals surface area contributed by atoms with E-state index in [9.17, 15) is 14.4 Å². The molecule has 0 heterocycles. The highest BCUT2D eigenvalue weighted by Gasteiger charge is 2.19. The zero-order valence-electron chi connectivity index (χ0n) is 12.7. The van der Waals surface area contributed by atoms with Gasteiger partial charge in [-0.05, 0) is 18.4 Å². The number of nitrogens with one attached hydrogen (secondary N) is 2. The van der Waals surface area contributed by atoms with Gasteiger partial charge in [-0.1, -0.05) is 36.4 Å². The Labute approximate surface area is 134 Å². The Morgan fingerprint density at radius 3 is 2.57 bits per heavy atom. The number of carboxylic acids is 1. The molecule has 0 aliphatic carbocycles. The summed E-state index contributed by atoms with van der Waals surface area (Å²) in [6.45, 7) is 3.23. The molecular formula is C16H20N2O5. The zero-order valence-corrected chi connectivity index (χ0v) is 12.7. The summed E-state index contributed by atoms with van der Waals surface area (Å²) in [5.41, 5.74) is 0.822. The second-order valence-corrected chi connectivity index (χ2v) is 4.74. The molecule has 1 rings (SSSR count). The predicted octanol–water partition coefficient (Wildman–Crippen LogP) is 1.45. The Morgan fingerprint density at radius 1 is 1.26 bits per heavy atom. The number of rotatable bonds is 9. The molecule has 7 nitrogen and oxygen atoms in total. The van der Waals surface area contributed by atoms with Gasteiger partial charge < -0.3 is 20.5 Å². The molecule has 0 radical (unpaired) electrons. The fourth-order valence-electron chi connectivity index (χ4n) is 1.71. The van der Waals surface area contributed by atoms with Crippen molar-refractivity contribution in [3.63, 3.8) is 0 Å². The van der Waals surface area contributed by atoms with E-state index in [0.29, 0.717) is 6.42 Å². The molecule has 23 heavy (non-hydrogen) atoms. The third kappa shape index (κ3) is 7.66. The molecule has 0 unspecified atom stereocenters. The summed E-state index contributed by atoms with van der Waals surface area (Å²) in [5.74, 6) is -1.73. The molecule has 0 saturated carbocycles. The lowest BCUT2D eigenvalue weighted by atomic mass is 10.1. The molecule has 0 bridgehead atoms. The van der Waals surface area contributed by atoms with Crippen LogP contribution in [0.15, 0.2) is 43.0 Å². The van der Waals surface area contributed by atoms with Crippen LogP contribution in [0.1, 0.15) is 18.4 Å². The molecule has 124 valence electrons. The quantitative estimate of drug-likeness (QED) is 0.597. The van der Waals surface area contributed by atoms with Crippen LogP contribution in [0.4, 0.5) is 4.79 Å². The minimum Gasteiger partial charge on any atom is -0.480 e. The number of carboxylic acid groups (broad SMARTS) is 1. The number of carbonyl (C=O) groups is 3. The second-order valence-electron chi connectivity index (χ2n) is 4.74. The molecule has 0 saturated heterocycles. The van der Waals surface area contributed by atoms with Crippen LogP contribution in [-0.4, -0.2) is 35.7 Å². The van der Waals surface area contributed by atoms with Gasteiger partial charge in [-0.3, -0.25) is 4.79 Å². The average molecular weight is 320 g/mol. The standard InChI is InChI=1S/C16H20N2O5/c1-2-3-9-13(15(20)21)18-14(19)10-17-16(22)23-11-12-7-5-4-6-8-12/h2,4-8,13H,1,3,9-11H2,(H,17,22)(H,18,19)(H,20,21)/t13-/m1/s1. The fraction of sp³-hybridized carbons (Fsp3) is 0.312. The van der Waals surface area contributed by atoms with E-state index in [1.807, 2.05) is 18.2 Å². The molecule has 1 aromatic carbocycles. The van der Waals surface area contributed by atoms with Crippen molar-refractivity contribution in [3.05, 3.63) is 48.6 Å². The van der Waals surface area contributed by atoms with Crippen molar-refractivity contribution in [1.82, 2.24) is 10.6 Å². The van der Waals surface area contributed by atoms with E-state index in [-0.39, 0.29) is 19.6 Å². The van der Waals surface area contributed by atoms with Gasteiger partial charge >= 0.3 is 12.1 Å². The number of hydrogen-bond donors (Lipinski definition) is 3. The first-order chi connectivity index (χ1) is 11.0. The first kappa shape index (κ1) is 18.2. The maximum absolute atomic E-state index is 11.6. The lowest BCUT2D eigenvalue weighted by molar-refractivity contribution is -0.141. The number of allylic oxidation sites excluding steroid dienone is 1. The highest BCUT2D eigenvalue weighted by atomic mass is 16.5. The van der Waals surface area contributed by atoms with Crippen LogP contribution in [0.25, 0.3) is 0 Å². The first-order valence-corrected chi connectivity index (χ1v) is 7.10. The van der Waals surface area contributed by atoms with Gasteiger partial charge in [0, 0.05) is 0 Å². The number of carbonyl (C=O) groups excluding carboxylic acids is 2. The van der Waals surface area contributed by atoms with Crippen LogP contribution in [0.5, 0.6) is 0 Å². The van der Waals surface area contributed by atoms with Crippen molar-refractivity contribution in [2.24, 2.45) is 0 Å². The Hall–Kier alpha value is -2.83. The van der Waals surface area contributed by atoms with Gasteiger partial charge in [-0.15, -0.1) is 6.58 Å². The van der Waals surface area contributed by atoms with Gasteiger partial charge in [0.05, 0.1) is 0 Å². The summed E-state index contributed by atoms with van der Waals surface area (Å²) in [6.07, 6.45) is 1.52. The molecule has 0 fully saturated rings. The van der Waals surface area contributed by atoms with Crippen LogP contribution in [0.2, 0.25) is 0 Å². The van der Waals surface area contributed by atoms with Crippen LogP contribution in [-0.2, 0) is 20.9 Å². The van der Waals surface area contributed by atoms with Crippen LogP contribution in [0, 0.1) is 0 Å². The maximum Gasteiger partial charge on any atom is 0.407 e. The molecular weight excluding hydrogens is 300 g/mol. The lowest BCUT2D eigenvalue weighted by Crippen LogP contribution is -2.45. The van der Waals surface area contributed by atoms with E-state index in [0.717, 1.165) is 5.56 Å². The summed E-state index contributed by atoms with van der Waals surface area (Å²) in [5, 5.41) is 13.6. The van der Waals surface area contributed by atoms with Gasteiger partial charge in [0.15, 0.2) is 0 Å². The molecule has 2 amide bonds. The summed E-state index contributed by atoms with van der Waals surface area (Å²) >= 11 is 0. The third-order valence-electron chi connectivity index (χ3n) is 2.90. The lowest BCUT2D eigenvalue weighted by Gasteiger charge is -2.14. The Bertz CT molecular complexity index is 545. The molecule has 7 heteroatoms. The van der Waals surface area contributed by atoms with Gasteiger partial charge in [0.25, 0.3) is 0 Å². The average Bonchev–Trinajstić information content (AvgIpc) is 2.55. The highest BCUT2D eigenvalue weighted by molar-refractivity contribution is 5.86. The molecule has 0 aliphatic rings. The van der Waals surface area contributed by atoms with Gasteiger partial charge in [0.1, 0.15) is 19.2 Å². The Kier molecular flexibility index (Phi) is 7.91. The largest absolute Gasteiger partial charge is 0.480 e.